The van der Waals surface area contributed by atoms with Crippen molar-refractivity contribution in [2.75, 3.05) is 10.5 Å². The van der Waals surface area contributed by atoms with E-state index in [1.807, 2.05) is 6.92 Å². The van der Waals surface area contributed by atoms with Gasteiger partial charge >= 0.3 is 0 Å². The fourth-order valence-corrected chi connectivity index (χ4v) is 3.74. The lowest BCUT2D eigenvalue weighted by Crippen LogP contribution is -2.15. The molecule has 0 aliphatic rings. The van der Waals surface area contributed by atoms with Crippen molar-refractivity contribution >= 4 is 44.6 Å². The van der Waals surface area contributed by atoms with Gasteiger partial charge in [-0.25, -0.2) is 8.42 Å². The van der Waals surface area contributed by atoms with Crippen LogP contribution in [0.2, 0.25) is 10.0 Å². The molecule has 3 N–H and O–H groups in total. The molecule has 0 bridgehead atoms. The lowest BCUT2D eigenvalue weighted by molar-refractivity contribution is 0.601. The number of nitrogens with two attached hydrogens (primary N) is 1. The molecule has 106 valence electrons. The molecule has 2 aromatic carbocycles. The summed E-state index contributed by atoms with van der Waals surface area (Å²) >= 11 is 11.7. The van der Waals surface area contributed by atoms with E-state index in [9.17, 15) is 8.42 Å². The van der Waals surface area contributed by atoms with Crippen LogP contribution in [0.5, 0.6) is 0 Å². The van der Waals surface area contributed by atoms with Crippen LogP contribution in [0, 0.1) is 6.92 Å². The average Bonchev–Trinajstić information content (AvgIpc) is 2.30. The molecule has 0 saturated heterocycles. The standard InChI is InChI=1S/C13H12Cl2N2O2S/c1-8-2-4-10(5-3-8)17-20(18,19)13-11(15)6-9(14)7-12(13)16/h2-7,17H,16H2,1H3. The van der Waals surface area contributed by atoms with Gasteiger partial charge in [0.2, 0.25) is 0 Å². The number of sulfonamides is 1. The predicted octanol–water partition coefficient (Wildman–Crippen LogP) is 3.68. The number of hydrogen-bond acceptors (Lipinski definition) is 3. The Bertz CT molecular complexity index is 720. The maximum atomic E-state index is 12.3. The summed E-state index contributed by atoms with van der Waals surface area (Å²) in [6, 6.07) is 9.59. The topological polar surface area (TPSA) is 72.2 Å². The monoisotopic (exact) mass is 330 g/mol. The highest BCUT2D eigenvalue weighted by Gasteiger charge is 2.22. The third kappa shape index (κ3) is 3.17. The molecule has 20 heavy (non-hydrogen) atoms. The first kappa shape index (κ1) is 15.0. The van der Waals surface area contributed by atoms with Crippen molar-refractivity contribution in [2.45, 2.75) is 11.8 Å². The number of aryl methyl sites for hydroxylation is 1. The Morgan fingerprint density at radius 3 is 2.25 bits per heavy atom. The van der Waals surface area contributed by atoms with Crippen LogP contribution < -0.4 is 10.5 Å². The van der Waals surface area contributed by atoms with Crippen LogP contribution in [-0.2, 0) is 10.0 Å². The Balaban J connectivity index is 2.43. The molecule has 0 spiro atoms. The second-order valence-corrected chi connectivity index (χ2v) is 6.74. The number of nitrogen functional groups attached to an aromatic ring is 1. The van der Waals surface area contributed by atoms with Gasteiger partial charge in [0.05, 0.1) is 10.7 Å². The molecule has 0 amide bonds. The largest absolute Gasteiger partial charge is 0.398 e. The first-order valence-corrected chi connectivity index (χ1v) is 7.87. The molecule has 0 unspecified atom stereocenters. The Kier molecular flexibility index (Phi) is 4.13. The molecule has 2 rings (SSSR count). The van der Waals surface area contributed by atoms with Gasteiger partial charge in [-0.1, -0.05) is 40.9 Å². The molecule has 0 aromatic heterocycles. The summed E-state index contributed by atoms with van der Waals surface area (Å²) in [7, 11) is -3.87. The normalized spacial score (nSPS) is 11.3. The van der Waals surface area contributed by atoms with E-state index in [4.69, 9.17) is 28.9 Å². The smallest absolute Gasteiger partial charge is 0.265 e. The van der Waals surface area contributed by atoms with Gasteiger partial charge in [-0.3, -0.25) is 4.72 Å². The highest BCUT2D eigenvalue weighted by molar-refractivity contribution is 7.93. The maximum Gasteiger partial charge on any atom is 0.265 e. The minimum absolute atomic E-state index is 0.00196. The van der Waals surface area contributed by atoms with Crippen molar-refractivity contribution in [3.63, 3.8) is 0 Å². The summed E-state index contributed by atoms with van der Waals surface area (Å²) in [5, 5.41) is 0.261. The molecule has 0 aliphatic heterocycles. The molecule has 0 atom stereocenters. The van der Waals surface area contributed by atoms with Crippen molar-refractivity contribution < 1.29 is 8.42 Å². The fraction of sp³-hybridized carbons (Fsp3) is 0.0769. The second kappa shape index (κ2) is 5.52. The zero-order valence-electron chi connectivity index (χ0n) is 10.5. The van der Waals surface area contributed by atoms with Gasteiger partial charge in [-0.15, -0.1) is 0 Å². The Hall–Kier alpha value is -1.43. The predicted molar refractivity (Wildman–Crippen MR) is 82.9 cm³/mol. The fourth-order valence-electron chi connectivity index (χ4n) is 1.69. The van der Waals surface area contributed by atoms with E-state index in [0.29, 0.717) is 5.69 Å². The zero-order chi connectivity index (χ0) is 14.9. The quantitative estimate of drug-likeness (QED) is 0.843. The van der Waals surface area contributed by atoms with Crippen molar-refractivity contribution in [3.8, 4) is 0 Å². The molecule has 0 heterocycles. The van der Waals surface area contributed by atoms with Gasteiger partial charge in [0, 0.05) is 10.7 Å². The van der Waals surface area contributed by atoms with Crippen LogP contribution >= 0.6 is 23.2 Å². The molecule has 0 fully saturated rings. The Morgan fingerprint density at radius 1 is 1.10 bits per heavy atom. The number of rotatable bonds is 3. The van der Waals surface area contributed by atoms with E-state index in [1.54, 1.807) is 24.3 Å². The molecule has 4 nitrogen and oxygen atoms in total. The molecule has 0 aliphatic carbocycles. The lowest BCUT2D eigenvalue weighted by Gasteiger charge is -2.12. The average molecular weight is 331 g/mol. The summed E-state index contributed by atoms with van der Waals surface area (Å²) in [5.74, 6) is 0. The number of hydrogen-bond donors (Lipinski definition) is 2. The van der Waals surface area contributed by atoms with Crippen LogP contribution in [0.25, 0.3) is 0 Å². The van der Waals surface area contributed by atoms with Crippen molar-refractivity contribution in [1.82, 2.24) is 0 Å². The number of halogens is 2. The first-order chi connectivity index (χ1) is 9.29. The minimum atomic E-state index is -3.87. The zero-order valence-corrected chi connectivity index (χ0v) is 12.9. The molecular weight excluding hydrogens is 319 g/mol. The first-order valence-electron chi connectivity index (χ1n) is 5.63. The number of anilines is 2. The summed E-state index contributed by atoms with van der Waals surface area (Å²) in [6.45, 7) is 1.91. The third-order valence-corrected chi connectivity index (χ3v) is 4.74. The molecule has 7 heteroatoms. The number of nitrogens with one attached hydrogen (secondary N) is 1. The van der Waals surface area contributed by atoms with E-state index in [1.165, 1.54) is 12.1 Å². The van der Waals surface area contributed by atoms with E-state index in [2.05, 4.69) is 4.72 Å². The maximum absolute atomic E-state index is 12.3. The summed E-state index contributed by atoms with van der Waals surface area (Å²) in [4.78, 5) is -0.177. The van der Waals surface area contributed by atoms with Crippen LogP contribution in [0.15, 0.2) is 41.3 Å². The van der Waals surface area contributed by atoms with E-state index in [0.717, 1.165) is 5.56 Å². The molecule has 2 aromatic rings. The summed E-state index contributed by atoms with van der Waals surface area (Å²) in [6.07, 6.45) is 0. The number of benzene rings is 2. The van der Waals surface area contributed by atoms with Gasteiger partial charge in [-0.05, 0) is 31.2 Å². The molecule has 0 saturated carbocycles. The van der Waals surface area contributed by atoms with Gasteiger partial charge in [0.1, 0.15) is 4.90 Å². The third-order valence-electron chi connectivity index (χ3n) is 2.61. The van der Waals surface area contributed by atoms with Crippen molar-refractivity contribution in [1.29, 1.82) is 0 Å². The van der Waals surface area contributed by atoms with Crippen LogP contribution in [0.3, 0.4) is 0 Å². The summed E-state index contributed by atoms with van der Waals surface area (Å²) < 4.78 is 27.1. The van der Waals surface area contributed by atoms with Gasteiger partial charge in [0.25, 0.3) is 10.0 Å². The SMILES string of the molecule is Cc1ccc(NS(=O)(=O)c2c(N)cc(Cl)cc2Cl)cc1. The van der Waals surface area contributed by atoms with Crippen molar-refractivity contribution in [3.05, 3.63) is 52.0 Å². The Labute approximate surface area is 127 Å². The van der Waals surface area contributed by atoms with Gasteiger partial charge in [-0.2, -0.15) is 0 Å². The Morgan fingerprint density at radius 2 is 1.70 bits per heavy atom. The van der Waals surface area contributed by atoms with Crippen molar-refractivity contribution in [2.24, 2.45) is 0 Å². The van der Waals surface area contributed by atoms with Gasteiger partial charge in [0.15, 0.2) is 0 Å². The van der Waals surface area contributed by atoms with Gasteiger partial charge < -0.3 is 5.73 Å². The highest BCUT2D eigenvalue weighted by atomic mass is 35.5. The second-order valence-electron chi connectivity index (χ2n) is 4.28. The molecule has 0 radical (unpaired) electrons. The molecular formula is C13H12Cl2N2O2S. The highest BCUT2D eigenvalue weighted by Crippen LogP contribution is 2.32. The minimum Gasteiger partial charge on any atom is -0.398 e. The van der Waals surface area contributed by atoms with E-state index in [-0.39, 0.29) is 20.6 Å². The van der Waals surface area contributed by atoms with E-state index >= 15 is 0 Å². The van der Waals surface area contributed by atoms with E-state index < -0.39 is 10.0 Å². The van der Waals surface area contributed by atoms with Crippen LogP contribution in [-0.4, -0.2) is 8.42 Å². The van der Waals surface area contributed by atoms with Crippen LogP contribution in [0.1, 0.15) is 5.56 Å². The lowest BCUT2D eigenvalue weighted by atomic mass is 10.2. The van der Waals surface area contributed by atoms with Crippen LogP contribution in [0.4, 0.5) is 11.4 Å². The summed E-state index contributed by atoms with van der Waals surface area (Å²) in [5.41, 5.74) is 7.16.